The van der Waals surface area contributed by atoms with E-state index in [0.29, 0.717) is 5.56 Å². The average molecular weight is 310 g/mol. The van der Waals surface area contributed by atoms with Crippen molar-refractivity contribution < 1.29 is 32.2 Å². The Morgan fingerprint density at radius 3 is 2.65 bits per heavy atom. The molecule has 0 saturated carbocycles. The number of hydrogen-bond donors (Lipinski definition) is 1. The minimum atomic E-state index is -4.34. The van der Waals surface area contributed by atoms with Gasteiger partial charge in [0.25, 0.3) is 0 Å². The van der Waals surface area contributed by atoms with Crippen LogP contribution in [0, 0.1) is 5.82 Å². The summed E-state index contributed by atoms with van der Waals surface area (Å²) < 4.78 is 53.9. The van der Waals surface area contributed by atoms with Gasteiger partial charge in [0.1, 0.15) is 0 Å². The Bertz CT molecular complexity index is 500. The molecule has 0 aliphatic carbocycles. The van der Waals surface area contributed by atoms with Gasteiger partial charge in [-0.15, -0.1) is 0 Å². The summed E-state index contributed by atoms with van der Waals surface area (Å²) in [6.07, 6.45) is 2.03. The van der Waals surface area contributed by atoms with Crippen molar-refractivity contribution in [2.45, 2.75) is 5.51 Å². The lowest BCUT2D eigenvalue weighted by molar-refractivity contribution is -0.131. The van der Waals surface area contributed by atoms with Crippen molar-refractivity contribution >= 4 is 23.8 Å². The summed E-state index contributed by atoms with van der Waals surface area (Å²) in [5.41, 5.74) is -4.03. The Balaban J connectivity index is 2.54. The van der Waals surface area contributed by atoms with E-state index in [4.69, 9.17) is 9.84 Å². The van der Waals surface area contributed by atoms with Crippen molar-refractivity contribution in [3.63, 3.8) is 0 Å². The van der Waals surface area contributed by atoms with Crippen LogP contribution in [0.25, 0.3) is 6.08 Å². The average Bonchev–Trinajstić information content (AvgIpc) is 2.32. The van der Waals surface area contributed by atoms with E-state index in [2.05, 4.69) is 0 Å². The number of halogens is 4. The van der Waals surface area contributed by atoms with Gasteiger partial charge in [0.15, 0.2) is 11.6 Å². The van der Waals surface area contributed by atoms with Crippen LogP contribution in [0.1, 0.15) is 5.56 Å². The van der Waals surface area contributed by atoms with Gasteiger partial charge in [-0.1, -0.05) is 6.07 Å². The third kappa shape index (κ3) is 6.46. The summed E-state index contributed by atoms with van der Waals surface area (Å²) in [6.45, 7) is -0.286. The van der Waals surface area contributed by atoms with Gasteiger partial charge in [-0.3, -0.25) is 0 Å². The molecule has 0 bridgehead atoms. The lowest BCUT2D eigenvalue weighted by atomic mass is 10.2. The molecule has 8 heteroatoms. The molecule has 1 aromatic rings. The molecule has 0 amide bonds. The molecule has 1 aromatic carbocycles. The molecule has 0 radical (unpaired) electrons. The lowest BCUT2D eigenvalue weighted by Crippen LogP contribution is -2.08. The predicted molar refractivity (Wildman–Crippen MR) is 67.1 cm³/mol. The second-order valence-corrected chi connectivity index (χ2v) is 4.66. The molecule has 1 rings (SSSR count). The van der Waals surface area contributed by atoms with Gasteiger partial charge in [0, 0.05) is 11.8 Å². The highest BCUT2D eigenvalue weighted by atomic mass is 32.2. The maximum atomic E-state index is 13.5. The Hall–Kier alpha value is -1.70. The summed E-state index contributed by atoms with van der Waals surface area (Å²) in [6, 6.07) is 3.66. The topological polar surface area (TPSA) is 46.5 Å². The van der Waals surface area contributed by atoms with Gasteiger partial charge >= 0.3 is 11.5 Å². The van der Waals surface area contributed by atoms with Crippen LogP contribution < -0.4 is 4.74 Å². The number of carboxylic acid groups (broad SMARTS) is 1. The molecule has 0 aliphatic heterocycles. The first-order chi connectivity index (χ1) is 9.28. The molecule has 110 valence electrons. The number of benzene rings is 1. The summed E-state index contributed by atoms with van der Waals surface area (Å²) >= 11 is -0.251. The fourth-order valence-corrected chi connectivity index (χ4v) is 1.61. The molecule has 3 nitrogen and oxygen atoms in total. The smallest absolute Gasteiger partial charge is 0.441 e. The number of carboxylic acids is 1. The zero-order valence-electron chi connectivity index (χ0n) is 9.98. The predicted octanol–water partition coefficient (Wildman–Crippen LogP) is 3.56. The Morgan fingerprint density at radius 2 is 2.10 bits per heavy atom. The van der Waals surface area contributed by atoms with Crippen LogP contribution in [0.5, 0.6) is 5.75 Å². The number of aliphatic carboxylic acids is 1. The number of alkyl halides is 3. The Kier molecular flexibility index (Phi) is 5.87. The van der Waals surface area contributed by atoms with E-state index < -0.39 is 17.3 Å². The van der Waals surface area contributed by atoms with E-state index in [9.17, 15) is 22.4 Å². The van der Waals surface area contributed by atoms with Crippen LogP contribution >= 0.6 is 11.8 Å². The van der Waals surface area contributed by atoms with E-state index in [0.717, 1.165) is 12.1 Å². The fraction of sp³-hybridized carbons (Fsp3) is 0.250. The van der Waals surface area contributed by atoms with Gasteiger partial charge in [-0.2, -0.15) is 13.2 Å². The highest BCUT2D eigenvalue weighted by Gasteiger charge is 2.27. The molecule has 0 spiro atoms. The van der Waals surface area contributed by atoms with Crippen molar-refractivity contribution in [1.82, 2.24) is 0 Å². The van der Waals surface area contributed by atoms with E-state index in [1.807, 2.05) is 0 Å². The van der Waals surface area contributed by atoms with Crippen LogP contribution in [0.2, 0.25) is 0 Å². The minimum absolute atomic E-state index is 0.180. The first kappa shape index (κ1) is 16.4. The van der Waals surface area contributed by atoms with Crippen molar-refractivity contribution in [2.24, 2.45) is 0 Å². The summed E-state index contributed by atoms with van der Waals surface area (Å²) in [5, 5.41) is 8.41. The van der Waals surface area contributed by atoms with Crippen LogP contribution in [0.3, 0.4) is 0 Å². The quantitative estimate of drug-likeness (QED) is 0.496. The molecule has 0 aromatic heterocycles. The molecule has 0 heterocycles. The molecular weight excluding hydrogens is 300 g/mol. The van der Waals surface area contributed by atoms with Gasteiger partial charge in [-0.05, 0) is 35.5 Å². The molecule has 1 N–H and O–H groups in total. The van der Waals surface area contributed by atoms with Gasteiger partial charge < -0.3 is 9.84 Å². The standard InChI is InChI=1S/C12H10F4O3S/c13-9-7-8(2-4-11(17)18)1-3-10(9)19-5-6-20-12(14,15)16/h1-4,7H,5-6H2,(H,17,18)/b4-2+. The maximum absolute atomic E-state index is 13.5. The zero-order chi connectivity index (χ0) is 15.2. The lowest BCUT2D eigenvalue weighted by Gasteiger charge is -2.08. The Morgan fingerprint density at radius 1 is 1.40 bits per heavy atom. The van der Waals surface area contributed by atoms with E-state index >= 15 is 0 Å². The van der Waals surface area contributed by atoms with Crippen LogP contribution in [0.15, 0.2) is 24.3 Å². The number of rotatable bonds is 6. The molecular formula is C12H10F4O3S. The minimum Gasteiger partial charge on any atom is -0.490 e. The highest BCUT2D eigenvalue weighted by molar-refractivity contribution is 8.00. The zero-order valence-corrected chi connectivity index (χ0v) is 10.8. The highest BCUT2D eigenvalue weighted by Crippen LogP contribution is 2.30. The maximum Gasteiger partial charge on any atom is 0.441 e. The number of ether oxygens (including phenoxy) is 1. The van der Waals surface area contributed by atoms with Gasteiger partial charge in [0.05, 0.1) is 6.61 Å². The van der Waals surface area contributed by atoms with Crippen molar-refractivity contribution in [3.05, 3.63) is 35.7 Å². The molecule has 0 fully saturated rings. The van der Waals surface area contributed by atoms with Gasteiger partial charge in [0.2, 0.25) is 0 Å². The first-order valence-corrected chi connectivity index (χ1v) is 6.30. The monoisotopic (exact) mass is 310 g/mol. The molecule has 20 heavy (non-hydrogen) atoms. The van der Waals surface area contributed by atoms with Crippen LogP contribution in [-0.2, 0) is 4.79 Å². The largest absolute Gasteiger partial charge is 0.490 e. The molecule has 0 aliphatic rings. The third-order valence-corrected chi connectivity index (χ3v) is 2.68. The summed E-state index contributed by atoms with van der Waals surface area (Å²) in [7, 11) is 0. The summed E-state index contributed by atoms with van der Waals surface area (Å²) in [5.74, 6) is -2.46. The Labute approximate surface area is 116 Å². The summed E-state index contributed by atoms with van der Waals surface area (Å²) in [4.78, 5) is 10.3. The first-order valence-electron chi connectivity index (χ1n) is 5.32. The van der Waals surface area contributed by atoms with Crippen LogP contribution in [-0.4, -0.2) is 28.9 Å². The normalized spacial score (nSPS) is 11.8. The van der Waals surface area contributed by atoms with Gasteiger partial charge in [-0.25, -0.2) is 9.18 Å². The molecule has 0 atom stereocenters. The molecule has 0 unspecified atom stereocenters. The van der Waals surface area contributed by atoms with Crippen molar-refractivity contribution in [2.75, 3.05) is 12.4 Å². The van der Waals surface area contributed by atoms with E-state index in [1.54, 1.807) is 0 Å². The third-order valence-electron chi connectivity index (χ3n) is 1.98. The second kappa shape index (κ2) is 7.18. The van der Waals surface area contributed by atoms with Crippen molar-refractivity contribution in [3.8, 4) is 5.75 Å². The number of hydrogen-bond acceptors (Lipinski definition) is 3. The second-order valence-electron chi connectivity index (χ2n) is 3.50. The van der Waals surface area contributed by atoms with E-state index in [-0.39, 0.29) is 29.9 Å². The SMILES string of the molecule is O=C(O)/C=C/c1ccc(OCCSC(F)(F)F)c(F)c1. The van der Waals surface area contributed by atoms with Crippen molar-refractivity contribution in [1.29, 1.82) is 0 Å². The number of thioether (sulfide) groups is 1. The number of carbonyl (C=O) groups is 1. The fourth-order valence-electron chi connectivity index (χ4n) is 1.21. The molecule has 0 saturated heterocycles. The van der Waals surface area contributed by atoms with E-state index in [1.165, 1.54) is 18.2 Å². The van der Waals surface area contributed by atoms with Crippen LogP contribution in [0.4, 0.5) is 17.6 Å².